The highest BCUT2D eigenvalue weighted by Gasteiger charge is 2.45. The average molecular weight is 469 g/mol. The molecule has 0 bridgehead atoms. The molecule has 0 saturated carbocycles. The van der Waals surface area contributed by atoms with Crippen LogP contribution in [0.2, 0.25) is 0 Å². The van der Waals surface area contributed by atoms with Crippen LogP contribution in [0.15, 0.2) is 42.5 Å². The van der Waals surface area contributed by atoms with Gasteiger partial charge in [0, 0.05) is 35.7 Å². The lowest BCUT2D eigenvalue weighted by atomic mass is 9.73. The summed E-state index contributed by atoms with van der Waals surface area (Å²) < 4.78 is 46.7. The lowest BCUT2D eigenvalue weighted by molar-refractivity contribution is -0.138. The summed E-state index contributed by atoms with van der Waals surface area (Å²) in [5, 5.41) is 35.2. The van der Waals surface area contributed by atoms with Crippen molar-refractivity contribution in [1.29, 1.82) is 0 Å². The van der Waals surface area contributed by atoms with Gasteiger partial charge in [0.25, 0.3) is 0 Å². The van der Waals surface area contributed by atoms with E-state index in [-0.39, 0.29) is 30.5 Å². The molecule has 182 valence electrons. The Morgan fingerprint density at radius 3 is 2.45 bits per heavy atom. The molecule has 0 aromatic heterocycles. The molecule has 1 aliphatic carbocycles. The molecule has 6 nitrogen and oxygen atoms in total. The number of benzene rings is 1. The van der Waals surface area contributed by atoms with E-state index >= 15 is 0 Å². The first-order chi connectivity index (χ1) is 15.8. The van der Waals surface area contributed by atoms with Crippen molar-refractivity contribution < 1.29 is 33.2 Å². The quantitative estimate of drug-likeness (QED) is 0.423. The van der Waals surface area contributed by atoms with Gasteiger partial charge < -0.3 is 30.7 Å². The predicted octanol–water partition coefficient (Wildman–Crippen LogP) is 2.77. The molecule has 2 aliphatic heterocycles. The Hall–Kier alpha value is -1.91. The van der Waals surface area contributed by atoms with Crippen LogP contribution in [-0.2, 0) is 10.9 Å². The van der Waals surface area contributed by atoms with E-state index in [0.717, 1.165) is 18.9 Å². The standard InChI is InChI=1S/C24H31F3N2O4/c25-24(26,27)16-6-9-20-19(10-16)22-18(21(29-20)15-4-2-1-3-5-15)8-7-17(33-22)11-28-23(12-30,13-31)14-32/h1-4,6,9-10,15,17-18,21-22,28-32H,5,7-8,11-14H2/t15?,17-,18+,21+,22+/m1/s1. The molecule has 3 aliphatic rings. The third-order valence-corrected chi connectivity index (χ3v) is 7.11. The van der Waals surface area contributed by atoms with Crippen LogP contribution in [0.3, 0.4) is 0 Å². The number of hydrogen-bond acceptors (Lipinski definition) is 6. The predicted molar refractivity (Wildman–Crippen MR) is 118 cm³/mol. The summed E-state index contributed by atoms with van der Waals surface area (Å²) in [6.07, 6.45) is 5.21. The molecule has 4 rings (SSSR count). The Balaban J connectivity index is 1.60. The molecule has 1 fully saturated rings. The zero-order valence-electron chi connectivity index (χ0n) is 18.3. The lowest BCUT2D eigenvalue weighted by Gasteiger charge is -2.48. The molecule has 33 heavy (non-hydrogen) atoms. The molecule has 1 aromatic carbocycles. The minimum atomic E-state index is -4.45. The maximum atomic E-state index is 13.4. The molecule has 9 heteroatoms. The van der Waals surface area contributed by atoms with Crippen LogP contribution >= 0.6 is 0 Å². The number of aliphatic hydroxyl groups excluding tert-OH is 3. The van der Waals surface area contributed by atoms with Crippen molar-refractivity contribution in [3.05, 3.63) is 53.6 Å². The summed E-state index contributed by atoms with van der Waals surface area (Å²) in [7, 11) is 0. The van der Waals surface area contributed by atoms with E-state index in [1.807, 2.05) is 12.2 Å². The van der Waals surface area contributed by atoms with Crippen molar-refractivity contribution in [3.8, 4) is 0 Å². The first-order valence-electron chi connectivity index (χ1n) is 11.3. The van der Waals surface area contributed by atoms with Crippen molar-refractivity contribution in [1.82, 2.24) is 5.32 Å². The summed E-state index contributed by atoms with van der Waals surface area (Å²) in [5.74, 6) is 0.207. The largest absolute Gasteiger partial charge is 0.416 e. The first kappa shape index (κ1) is 24.2. The van der Waals surface area contributed by atoms with Gasteiger partial charge in [0.1, 0.15) is 0 Å². The minimum absolute atomic E-state index is 0.00309. The van der Waals surface area contributed by atoms with Crippen molar-refractivity contribution in [3.63, 3.8) is 0 Å². The maximum Gasteiger partial charge on any atom is 0.416 e. The van der Waals surface area contributed by atoms with E-state index < -0.39 is 43.2 Å². The molecule has 2 heterocycles. The topological polar surface area (TPSA) is 94.0 Å². The zero-order chi connectivity index (χ0) is 23.6. The van der Waals surface area contributed by atoms with Crippen LogP contribution < -0.4 is 10.6 Å². The Bertz CT molecular complexity index is 877. The van der Waals surface area contributed by atoms with Crippen LogP contribution in [0.4, 0.5) is 18.9 Å². The van der Waals surface area contributed by atoms with E-state index in [2.05, 4.69) is 22.8 Å². The van der Waals surface area contributed by atoms with Gasteiger partial charge in [-0.15, -0.1) is 0 Å². The summed E-state index contributed by atoms with van der Waals surface area (Å²) in [5.41, 5.74) is -0.785. The number of alkyl halides is 3. The molecule has 5 atom stereocenters. The van der Waals surface area contributed by atoms with Crippen LogP contribution in [-0.4, -0.2) is 59.4 Å². The molecule has 1 unspecified atom stereocenters. The van der Waals surface area contributed by atoms with Crippen LogP contribution in [0.5, 0.6) is 0 Å². The molecular weight excluding hydrogens is 437 g/mol. The first-order valence-corrected chi connectivity index (χ1v) is 11.3. The Kier molecular flexibility index (Phi) is 7.16. The fraction of sp³-hybridized carbons (Fsp3) is 0.583. The number of rotatable bonds is 7. The van der Waals surface area contributed by atoms with E-state index in [1.165, 1.54) is 12.1 Å². The van der Waals surface area contributed by atoms with Gasteiger partial charge in [0.15, 0.2) is 0 Å². The molecule has 0 radical (unpaired) electrons. The fourth-order valence-electron chi connectivity index (χ4n) is 5.06. The smallest absolute Gasteiger partial charge is 0.394 e. The highest BCUT2D eigenvalue weighted by molar-refractivity contribution is 5.58. The summed E-state index contributed by atoms with van der Waals surface area (Å²) in [6.45, 7) is -1.11. The Labute approximate surface area is 191 Å². The second-order valence-electron chi connectivity index (χ2n) is 9.24. The molecule has 0 amide bonds. The van der Waals surface area contributed by atoms with Crippen LogP contribution in [0.25, 0.3) is 0 Å². The molecule has 5 N–H and O–H groups in total. The highest BCUT2D eigenvalue weighted by atomic mass is 19.4. The van der Waals surface area contributed by atoms with Gasteiger partial charge in [0.05, 0.1) is 43.1 Å². The van der Waals surface area contributed by atoms with E-state index in [9.17, 15) is 28.5 Å². The van der Waals surface area contributed by atoms with Crippen molar-refractivity contribution in [2.45, 2.75) is 49.2 Å². The van der Waals surface area contributed by atoms with Crippen LogP contribution in [0.1, 0.15) is 36.5 Å². The SMILES string of the molecule is OCC(CO)(CO)NC[C@H]1CC[C@@H]2[C@H](O1)c1cc(C(F)(F)F)ccc1N[C@H]2C1C=CC=CC1. The van der Waals surface area contributed by atoms with Gasteiger partial charge in [-0.2, -0.15) is 13.2 Å². The molecule has 1 aromatic rings. The normalized spacial score (nSPS) is 29.3. The van der Waals surface area contributed by atoms with Crippen molar-refractivity contribution >= 4 is 5.69 Å². The molecular formula is C24H31F3N2O4. The highest BCUT2D eigenvalue weighted by Crippen LogP contribution is 2.49. The van der Waals surface area contributed by atoms with Gasteiger partial charge in [-0.05, 0) is 37.5 Å². The summed E-state index contributed by atoms with van der Waals surface area (Å²) >= 11 is 0. The fourth-order valence-corrected chi connectivity index (χ4v) is 5.06. The van der Waals surface area contributed by atoms with Gasteiger partial charge in [-0.3, -0.25) is 0 Å². The van der Waals surface area contributed by atoms with E-state index in [1.54, 1.807) is 0 Å². The average Bonchev–Trinajstić information content (AvgIpc) is 2.84. The van der Waals surface area contributed by atoms with Gasteiger partial charge in [-0.1, -0.05) is 24.3 Å². The number of anilines is 1. The monoisotopic (exact) mass is 468 g/mol. The second kappa shape index (κ2) is 9.76. The number of ether oxygens (including phenoxy) is 1. The third kappa shape index (κ3) is 4.97. The van der Waals surface area contributed by atoms with E-state index in [4.69, 9.17) is 4.74 Å². The minimum Gasteiger partial charge on any atom is -0.394 e. The van der Waals surface area contributed by atoms with Crippen molar-refractivity contribution in [2.75, 3.05) is 31.7 Å². The zero-order valence-corrected chi connectivity index (χ0v) is 18.3. The number of halogens is 3. The van der Waals surface area contributed by atoms with Gasteiger partial charge in [-0.25, -0.2) is 0 Å². The summed E-state index contributed by atoms with van der Waals surface area (Å²) in [6, 6.07) is 3.80. The molecule has 1 saturated heterocycles. The van der Waals surface area contributed by atoms with E-state index in [0.29, 0.717) is 17.7 Å². The lowest BCUT2D eigenvalue weighted by Crippen LogP contribution is -2.57. The number of nitrogens with one attached hydrogen (secondary N) is 2. The molecule has 0 spiro atoms. The van der Waals surface area contributed by atoms with Crippen LogP contribution in [0, 0.1) is 11.8 Å². The number of hydrogen-bond donors (Lipinski definition) is 5. The van der Waals surface area contributed by atoms with Crippen molar-refractivity contribution in [2.24, 2.45) is 11.8 Å². The second-order valence-corrected chi connectivity index (χ2v) is 9.24. The van der Waals surface area contributed by atoms with Gasteiger partial charge in [0.2, 0.25) is 0 Å². The Morgan fingerprint density at radius 2 is 1.82 bits per heavy atom. The third-order valence-electron chi connectivity index (χ3n) is 7.11. The number of allylic oxidation sites excluding steroid dienone is 3. The maximum absolute atomic E-state index is 13.4. The van der Waals surface area contributed by atoms with Gasteiger partial charge >= 0.3 is 6.18 Å². The number of fused-ring (bicyclic) bond motifs is 3. The Morgan fingerprint density at radius 1 is 1.06 bits per heavy atom. The number of aliphatic hydroxyl groups is 3. The summed E-state index contributed by atoms with van der Waals surface area (Å²) in [4.78, 5) is 0.